The molecule has 0 fully saturated rings. The molecule has 0 atom stereocenters. The van der Waals surface area contributed by atoms with Crippen molar-refractivity contribution in [3.05, 3.63) is 23.9 Å². The Bertz CT molecular complexity index is 360. The Balaban J connectivity index is 3.18. The van der Waals surface area contributed by atoms with Crippen LogP contribution in [0, 0.1) is 11.3 Å². The van der Waals surface area contributed by atoms with Crippen molar-refractivity contribution in [1.29, 1.82) is 0 Å². The van der Waals surface area contributed by atoms with Gasteiger partial charge in [-0.25, -0.2) is 9.79 Å². The summed E-state index contributed by atoms with van der Waals surface area (Å²) in [7, 11) is 0. The molecule has 0 unspecified atom stereocenters. The Morgan fingerprint density at radius 3 is 2.53 bits per heavy atom. The first-order chi connectivity index (χ1) is 6.82. The molecule has 1 aliphatic rings. The van der Waals surface area contributed by atoms with Crippen LogP contribution in [0.5, 0.6) is 0 Å². The molecule has 82 valence electrons. The van der Waals surface area contributed by atoms with Gasteiger partial charge in [0.15, 0.2) is 0 Å². The Labute approximate surface area is 90.2 Å². The molecule has 1 heterocycles. The van der Waals surface area contributed by atoms with Gasteiger partial charge in [0.25, 0.3) is 0 Å². The number of aliphatic imine (C=N–C) groups is 1. The van der Waals surface area contributed by atoms with Crippen molar-refractivity contribution in [1.82, 2.24) is 0 Å². The van der Waals surface area contributed by atoms with E-state index in [4.69, 9.17) is 5.11 Å². The van der Waals surface area contributed by atoms with E-state index in [1.807, 2.05) is 39.8 Å². The van der Waals surface area contributed by atoms with E-state index in [-0.39, 0.29) is 17.0 Å². The van der Waals surface area contributed by atoms with Crippen LogP contribution in [0.2, 0.25) is 0 Å². The van der Waals surface area contributed by atoms with E-state index < -0.39 is 5.97 Å². The topological polar surface area (TPSA) is 49.7 Å². The maximum atomic E-state index is 11.0. The number of allylic oxidation sites excluding steroid dienone is 3. The second kappa shape index (κ2) is 4.01. The molecule has 1 N–H and O–H groups in total. The third-order valence-electron chi connectivity index (χ3n) is 2.25. The second-order valence-corrected chi connectivity index (χ2v) is 4.68. The van der Waals surface area contributed by atoms with Gasteiger partial charge in [-0.05, 0) is 18.1 Å². The van der Waals surface area contributed by atoms with Crippen molar-refractivity contribution < 1.29 is 9.90 Å². The molecule has 0 radical (unpaired) electrons. The number of aliphatic carboxylic acids is 1. The Hall–Kier alpha value is -1.38. The van der Waals surface area contributed by atoms with Crippen molar-refractivity contribution >= 4 is 11.7 Å². The predicted molar refractivity (Wildman–Crippen MR) is 60.9 cm³/mol. The summed E-state index contributed by atoms with van der Waals surface area (Å²) < 4.78 is 0. The first-order valence-electron chi connectivity index (χ1n) is 5.06. The summed E-state index contributed by atoms with van der Waals surface area (Å²) in [5, 5.41) is 8.99. The van der Waals surface area contributed by atoms with Crippen LogP contribution in [0.1, 0.15) is 27.7 Å². The Morgan fingerprint density at radius 1 is 1.47 bits per heavy atom. The standard InChI is InChI=1S/C12H17NO2/c1-8(2)9-5-6-12(3,4)7-10(13-9)11(14)15/h5-8H,1-4H3,(H,14,15). The van der Waals surface area contributed by atoms with Gasteiger partial charge in [-0.3, -0.25) is 0 Å². The molecule has 0 aliphatic carbocycles. The zero-order chi connectivity index (χ0) is 11.6. The van der Waals surface area contributed by atoms with Crippen LogP contribution in [0.25, 0.3) is 0 Å². The van der Waals surface area contributed by atoms with E-state index in [1.54, 1.807) is 6.08 Å². The quantitative estimate of drug-likeness (QED) is 0.756. The third-order valence-corrected chi connectivity index (χ3v) is 2.25. The number of hydrogen-bond donors (Lipinski definition) is 1. The summed E-state index contributed by atoms with van der Waals surface area (Å²) in [5.41, 5.74) is 0.691. The average Bonchev–Trinajstić information content (AvgIpc) is 2.23. The van der Waals surface area contributed by atoms with Gasteiger partial charge in [-0.2, -0.15) is 0 Å². The Morgan fingerprint density at radius 2 is 2.07 bits per heavy atom. The molecule has 15 heavy (non-hydrogen) atoms. The minimum absolute atomic E-state index is 0.133. The maximum Gasteiger partial charge on any atom is 0.354 e. The zero-order valence-electron chi connectivity index (χ0n) is 9.61. The second-order valence-electron chi connectivity index (χ2n) is 4.68. The lowest BCUT2D eigenvalue weighted by atomic mass is 9.91. The van der Waals surface area contributed by atoms with E-state index >= 15 is 0 Å². The third kappa shape index (κ3) is 3.05. The summed E-state index contributed by atoms with van der Waals surface area (Å²) in [5.74, 6) is -0.733. The summed E-state index contributed by atoms with van der Waals surface area (Å²) >= 11 is 0. The minimum atomic E-state index is -0.968. The maximum absolute atomic E-state index is 11.0. The van der Waals surface area contributed by atoms with Gasteiger partial charge in [0.2, 0.25) is 0 Å². The molecule has 0 bridgehead atoms. The molecule has 3 heteroatoms. The molecular weight excluding hydrogens is 190 g/mol. The molecule has 3 nitrogen and oxygen atoms in total. The van der Waals surface area contributed by atoms with Crippen LogP contribution in [0.15, 0.2) is 28.9 Å². The summed E-state index contributed by atoms with van der Waals surface area (Å²) in [6.45, 7) is 7.93. The summed E-state index contributed by atoms with van der Waals surface area (Å²) in [6, 6.07) is 0. The first-order valence-corrected chi connectivity index (χ1v) is 5.06. The number of hydrogen-bond acceptors (Lipinski definition) is 2. The van der Waals surface area contributed by atoms with E-state index in [0.717, 1.165) is 5.71 Å². The highest BCUT2D eigenvalue weighted by Gasteiger charge is 2.19. The SMILES string of the molecule is CC(C)C1=NC(C(=O)O)=CC(C)(C)C=C1. The first kappa shape index (κ1) is 11.7. The van der Waals surface area contributed by atoms with Gasteiger partial charge >= 0.3 is 5.97 Å². The number of nitrogens with zero attached hydrogens (tertiary/aromatic N) is 1. The molecule has 0 amide bonds. The molecule has 0 spiro atoms. The predicted octanol–water partition coefficient (Wildman–Crippen LogP) is 2.65. The normalized spacial score (nSPS) is 19.5. The molecule has 0 aromatic rings. The Kier molecular flexibility index (Phi) is 3.12. The van der Waals surface area contributed by atoms with Crippen LogP contribution >= 0.6 is 0 Å². The van der Waals surface area contributed by atoms with Crippen LogP contribution in [0.4, 0.5) is 0 Å². The van der Waals surface area contributed by atoms with E-state index in [0.29, 0.717) is 0 Å². The highest BCUT2D eigenvalue weighted by Crippen LogP contribution is 2.25. The van der Waals surface area contributed by atoms with E-state index in [2.05, 4.69) is 4.99 Å². The fourth-order valence-electron chi connectivity index (χ4n) is 1.34. The van der Waals surface area contributed by atoms with Gasteiger partial charge in [0, 0.05) is 11.1 Å². The fraction of sp³-hybridized carbons (Fsp3) is 0.500. The largest absolute Gasteiger partial charge is 0.477 e. The molecule has 0 saturated carbocycles. The average molecular weight is 207 g/mol. The van der Waals surface area contributed by atoms with Crippen molar-refractivity contribution in [3.8, 4) is 0 Å². The lowest BCUT2D eigenvalue weighted by Crippen LogP contribution is -2.07. The number of carboxylic acids is 1. The smallest absolute Gasteiger partial charge is 0.354 e. The summed E-state index contributed by atoms with van der Waals surface area (Å²) in [6.07, 6.45) is 5.58. The van der Waals surface area contributed by atoms with Crippen LogP contribution in [0.3, 0.4) is 0 Å². The van der Waals surface area contributed by atoms with Crippen LogP contribution in [-0.4, -0.2) is 16.8 Å². The minimum Gasteiger partial charge on any atom is -0.477 e. The monoisotopic (exact) mass is 207 g/mol. The van der Waals surface area contributed by atoms with Gasteiger partial charge in [-0.1, -0.05) is 33.8 Å². The van der Waals surface area contributed by atoms with Crippen molar-refractivity contribution in [2.75, 3.05) is 0 Å². The van der Waals surface area contributed by atoms with Gasteiger partial charge in [-0.15, -0.1) is 0 Å². The lowest BCUT2D eigenvalue weighted by molar-refractivity contribution is -0.132. The molecule has 0 aromatic heterocycles. The molecule has 0 aromatic carbocycles. The molecule has 1 aliphatic heterocycles. The fourth-order valence-corrected chi connectivity index (χ4v) is 1.34. The highest BCUT2D eigenvalue weighted by molar-refractivity contribution is 6.01. The number of carboxylic acid groups (broad SMARTS) is 1. The number of carbonyl (C=O) groups is 1. The van der Waals surface area contributed by atoms with Gasteiger partial charge < -0.3 is 5.11 Å². The van der Waals surface area contributed by atoms with Crippen molar-refractivity contribution in [2.24, 2.45) is 16.3 Å². The molecule has 0 saturated heterocycles. The van der Waals surface area contributed by atoms with E-state index in [9.17, 15) is 4.79 Å². The van der Waals surface area contributed by atoms with E-state index in [1.165, 1.54) is 0 Å². The zero-order valence-corrected chi connectivity index (χ0v) is 9.61. The van der Waals surface area contributed by atoms with Crippen LogP contribution < -0.4 is 0 Å². The van der Waals surface area contributed by atoms with Crippen LogP contribution in [-0.2, 0) is 4.79 Å². The highest BCUT2D eigenvalue weighted by atomic mass is 16.4. The van der Waals surface area contributed by atoms with Crippen molar-refractivity contribution in [3.63, 3.8) is 0 Å². The number of rotatable bonds is 2. The summed E-state index contributed by atoms with van der Waals surface area (Å²) in [4.78, 5) is 15.1. The molecule has 1 rings (SSSR count). The van der Waals surface area contributed by atoms with Gasteiger partial charge in [0.1, 0.15) is 5.70 Å². The van der Waals surface area contributed by atoms with Gasteiger partial charge in [0.05, 0.1) is 0 Å². The molecular formula is C12H17NO2. The lowest BCUT2D eigenvalue weighted by Gasteiger charge is -2.13. The van der Waals surface area contributed by atoms with Crippen molar-refractivity contribution in [2.45, 2.75) is 27.7 Å².